The number of amides is 2. The van der Waals surface area contributed by atoms with Crippen LogP contribution in [0.1, 0.15) is 11.1 Å². The lowest BCUT2D eigenvalue weighted by Crippen LogP contribution is -2.54. The molecule has 1 N–H and O–H groups in total. The Morgan fingerprint density at radius 3 is 2.45 bits per heavy atom. The number of nitrogens with one attached hydrogen (secondary N) is 1. The first-order valence-electron chi connectivity index (χ1n) is 9.67. The predicted molar refractivity (Wildman–Crippen MR) is 130 cm³/mol. The SMILES string of the molecule is O=C1NC(=S)N(c2ccc(Cl)cc2)C(=O)/C1=C/c1ccccc1OCc1c(F)cccc1Cl. The molecule has 0 bridgehead atoms. The number of hydrogen-bond donors (Lipinski definition) is 1. The highest BCUT2D eigenvalue weighted by Crippen LogP contribution is 2.28. The van der Waals surface area contributed by atoms with Gasteiger partial charge in [-0.1, -0.05) is 47.5 Å². The van der Waals surface area contributed by atoms with Crippen LogP contribution in [0.15, 0.2) is 72.3 Å². The molecule has 0 aromatic heterocycles. The first kappa shape index (κ1) is 22.9. The molecular weight excluding hydrogens is 486 g/mol. The quantitative estimate of drug-likeness (QED) is 0.283. The maximum absolute atomic E-state index is 14.1. The zero-order valence-corrected chi connectivity index (χ0v) is 19.2. The summed E-state index contributed by atoms with van der Waals surface area (Å²) in [6, 6.07) is 17.6. The Balaban J connectivity index is 1.65. The number of ether oxygens (including phenoxy) is 1. The number of halogens is 3. The Kier molecular flexibility index (Phi) is 6.74. The zero-order chi connectivity index (χ0) is 23.5. The summed E-state index contributed by atoms with van der Waals surface area (Å²) in [6.45, 7) is -0.132. The van der Waals surface area contributed by atoms with Gasteiger partial charge in [0.15, 0.2) is 5.11 Å². The van der Waals surface area contributed by atoms with Gasteiger partial charge in [0.2, 0.25) is 0 Å². The van der Waals surface area contributed by atoms with E-state index in [-0.39, 0.29) is 27.9 Å². The van der Waals surface area contributed by atoms with Gasteiger partial charge >= 0.3 is 0 Å². The second kappa shape index (κ2) is 9.70. The number of para-hydroxylation sites is 1. The molecule has 166 valence electrons. The van der Waals surface area contributed by atoms with E-state index in [1.54, 1.807) is 54.6 Å². The molecule has 5 nitrogen and oxygen atoms in total. The highest BCUT2D eigenvalue weighted by atomic mass is 35.5. The number of carbonyl (C=O) groups is 2. The molecule has 0 saturated carbocycles. The van der Waals surface area contributed by atoms with E-state index in [9.17, 15) is 14.0 Å². The summed E-state index contributed by atoms with van der Waals surface area (Å²) in [5.74, 6) is -1.39. The van der Waals surface area contributed by atoms with E-state index in [0.29, 0.717) is 22.0 Å². The van der Waals surface area contributed by atoms with Crippen LogP contribution in [0, 0.1) is 5.82 Å². The van der Waals surface area contributed by atoms with E-state index in [1.807, 2.05) is 0 Å². The minimum absolute atomic E-state index is 0.0387. The van der Waals surface area contributed by atoms with Gasteiger partial charge in [0.05, 0.1) is 10.7 Å². The van der Waals surface area contributed by atoms with Crippen LogP contribution in [0.4, 0.5) is 10.1 Å². The van der Waals surface area contributed by atoms with Crippen LogP contribution in [0.2, 0.25) is 10.0 Å². The van der Waals surface area contributed by atoms with Gasteiger partial charge in [0.25, 0.3) is 11.8 Å². The standard InChI is InChI=1S/C24H15Cl2FN2O3S/c25-15-8-10-16(11-9-15)29-23(31)17(22(30)28-24(29)33)12-14-4-1-2-7-21(14)32-13-18-19(26)5-3-6-20(18)27/h1-12H,13H2,(H,28,30,33)/b17-12+. The van der Waals surface area contributed by atoms with Gasteiger partial charge in [-0.15, -0.1) is 0 Å². The summed E-state index contributed by atoms with van der Waals surface area (Å²) in [7, 11) is 0. The van der Waals surface area contributed by atoms with E-state index in [0.717, 1.165) is 0 Å². The number of nitrogens with zero attached hydrogens (tertiary/aromatic N) is 1. The largest absolute Gasteiger partial charge is 0.488 e. The number of carbonyl (C=O) groups excluding carboxylic acids is 2. The molecule has 1 aliphatic rings. The number of thiocarbonyl (C=S) groups is 1. The summed E-state index contributed by atoms with van der Waals surface area (Å²) in [4.78, 5) is 27.0. The summed E-state index contributed by atoms with van der Waals surface area (Å²) in [6.07, 6.45) is 1.40. The van der Waals surface area contributed by atoms with E-state index < -0.39 is 17.6 Å². The molecule has 0 atom stereocenters. The molecule has 1 saturated heterocycles. The average molecular weight is 501 g/mol. The molecule has 4 rings (SSSR count). The van der Waals surface area contributed by atoms with Gasteiger partial charge in [0.1, 0.15) is 23.7 Å². The Morgan fingerprint density at radius 1 is 1.00 bits per heavy atom. The molecule has 0 radical (unpaired) electrons. The first-order valence-corrected chi connectivity index (χ1v) is 10.8. The molecule has 1 fully saturated rings. The third kappa shape index (κ3) is 4.90. The normalized spacial score (nSPS) is 15.1. The van der Waals surface area contributed by atoms with Crippen molar-refractivity contribution >= 4 is 64.1 Å². The molecule has 3 aromatic carbocycles. The predicted octanol–water partition coefficient (Wildman–Crippen LogP) is 5.54. The van der Waals surface area contributed by atoms with Crippen molar-refractivity contribution in [3.63, 3.8) is 0 Å². The molecule has 3 aromatic rings. The highest BCUT2D eigenvalue weighted by molar-refractivity contribution is 7.80. The fourth-order valence-corrected chi connectivity index (χ4v) is 3.81. The van der Waals surface area contributed by atoms with E-state index >= 15 is 0 Å². The van der Waals surface area contributed by atoms with Gasteiger partial charge < -0.3 is 4.74 Å². The average Bonchev–Trinajstić information content (AvgIpc) is 2.78. The van der Waals surface area contributed by atoms with Crippen molar-refractivity contribution in [3.8, 4) is 5.75 Å². The van der Waals surface area contributed by atoms with Crippen LogP contribution in [0.5, 0.6) is 5.75 Å². The number of anilines is 1. The first-order chi connectivity index (χ1) is 15.8. The van der Waals surface area contributed by atoms with E-state index in [2.05, 4.69) is 5.32 Å². The zero-order valence-electron chi connectivity index (χ0n) is 16.8. The molecule has 1 heterocycles. The molecule has 9 heteroatoms. The minimum Gasteiger partial charge on any atom is -0.488 e. The smallest absolute Gasteiger partial charge is 0.270 e. The van der Waals surface area contributed by atoms with Crippen molar-refractivity contribution in [3.05, 3.63) is 99.3 Å². The van der Waals surface area contributed by atoms with Crippen LogP contribution >= 0.6 is 35.4 Å². The van der Waals surface area contributed by atoms with E-state index in [1.165, 1.54) is 23.1 Å². The lowest BCUT2D eigenvalue weighted by Gasteiger charge is -2.29. The summed E-state index contributed by atoms with van der Waals surface area (Å²) in [5.41, 5.74) is 0.970. The maximum atomic E-state index is 14.1. The van der Waals surface area contributed by atoms with Crippen molar-refractivity contribution < 1.29 is 18.7 Å². The minimum atomic E-state index is -0.637. The van der Waals surface area contributed by atoms with E-state index in [4.69, 9.17) is 40.2 Å². The topological polar surface area (TPSA) is 58.6 Å². The van der Waals surface area contributed by atoms with Crippen LogP contribution in [0.3, 0.4) is 0 Å². The van der Waals surface area contributed by atoms with Gasteiger partial charge in [-0.2, -0.15) is 0 Å². The summed E-state index contributed by atoms with van der Waals surface area (Å²) >= 11 is 17.2. The molecule has 0 unspecified atom stereocenters. The van der Waals surface area contributed by atoms with Crippen LogP contribution in [-0.2, 0) is 16.2 Å². The molecule has 1 aliphatic heterocycles. The number of hydrogen-bond acceptors (Lipinski definition) is 4. The van der Waals surface area contributed by atoms with Crippen LogP contribution < -0.4 is 15.0 Å². The number of rotatable bonds is 5. The number of benzene rings is 3. The fourth-order valence-electron chi connectivity index (χ4n) is 3.19. The van der Waals surface area contributed by atoms with Crippen molar-refractivity contribution in [2.24, 2.45) is 0 Å². The van der Waals surface area contributed by atoms with Crippen LogP contribution in [0.25, 0.3) is 6.08 Å². The summed E-state index contributed by atoms with van der Waals surface area (Å²) < 4.78 is 19.9. The van der Waals surface area contributed by atoms with Crippen LogP contribution in [-0.4, -0.2) is 16.9 Å². The summed E-state index contributed by atoms with van der Waals surface area (Å²) in [5, 5.41) is 3.22. The second-order valence-corrected chi connectivity index (χ2v) is 8.19. The Bertz CT molecular complexity index is 1270. The highest BCUT2D eigenvalue weighted by Gasteiger charge is 2.34. The Labute approximate surface area is 204 Å². The third-order valence-electron chi connectivity index (χ3n) is 4.84. The molecule has 0 spiro atoms. The third-order valence-corrected chi connectivity index (χ3v) is 5.73. The van der Waals surface area contributed by atoms with Crippen molar-refractivity contribution in [1.29, 1.82) is 0 Å². The fraction of sp³-hybridized carbons (Fsp3) is 0.0417. The molecule has 2 amide bonds. The molecule has 33 heavy (non-hydrogen) atoms. The van der Waals surface area contributed by atoms with Gasteiger partial charge in [0, 0.05) is 16.1 Å². The molecular formula is C24H15Cl2FN2O3S. The monoisotopic (exact) mass is 500 g/mol. The maximum Gasteiger partial charge on any atom is 0.270 e. The van der Waals surface area contributed by atoms with Crippen molar-refractivity contribution in [1.82, 2.24) is 5.32 Å². The van der Waals surface area contributed by atoms with Crippen molar-refractivity contribution in [2.75, 3.05) is 4.90 Å². The van der Waals surface area contributed by atoms with Gasteiger partial charge in [-0.05, 0) is 60.8 Å². The van der Waals surface area contributed by atoms with Crippen molar-refractivity contribution in [2.45, 2.75) is 6.61 Å². The van der Waals surface area contributed by atoms with Gasteiger partial charge in [-0.25, -0.2) is 4.39 Å². The Hall–Kier alpha value is -3.26. The lowest BCUT2D eigenvalue weighted by atomic mass is 10.1. The Morgan fingerprint density at radius 2 is 1.73 bits per heavy atom. The second-order valence-electron chi connectivity index (χ2n) is 6.96. The molecule has 0 aliphatic carbocycles. The lowest BCUT2D eigenvalue weighted by molar-refractivity contribution is -0.122. The van der Waals surface area contributed by atoms with Gasteiger partial charge in [-0.3, -0.25) is 19.8 Å².